The average Bonchev–Trinajstić information content (AvgIpc) is 2.27. The van der Waals surface area contributed by atoms with Crippen molar-refractivity contribution in [3.63, 3.8) is 0 Å². The summed E-state index contributed by atoms with van der Waals surface area (Å²) in [4.78, 5) is 2.69. The van der Waals surface area contributed by atoms with Crippen LogP contribution in [0.3, 0.4) is 0 Å². The number of hydrogen-bond acceptors (Lipinski definition) is 2. The van der Waals surface area contributed by atoms with Gasteiger partial charge in [-0.05, 0) is 45.2 Å². The van der Waals surface area contributed by atoms with Gasteiger partial charge in [-0.25, -0.2) is 0 Å². The maximum Gasteiger partial charge on any atom is 0.00669 e. The summed E-state index contributed by atoms with van der Waals surface area (Å²) >= 11 is 0. The van der Waals surface area contributed by atoms with E-state index in [0.717, 1.165) is 12.0 Å². The first-order valence-corrected chi connectivity index (χ1v) is 7.11. The summed E-state index contributed by atoms with van der Waals surface area (Å²) in [5, 5.41) is 3.58. The van der Waals surface area contributed by atoms with Crippen LogP contribution in [-0.2, 0) is 0 Å². The van der Waals surface area contributed by atoms with Crippen molar-refractivity contribution in [2.75, 3.05) is 19.6 Å². The molecule has 2 unspecified atom stereocenters. The lowest BCUT2D eigenvalue weighted by molar-refractivity contribution is 0.123. The average molecular weight is 226 g/mol. The molecule has 0 aromatic rings. The molecule has 0 aromatic heterocycles. The highest BCUT2D eigenvalue weighted by Gasteiger charge is 2.22. The van der Waals surface area contributed by atoms with Crippen LogP contribution in [0.5, 0.6) is 0 Å². The molecular formula is C14H30N2. The smallest absolute Gasteiger partial charge is 0.00669 e. The molecule has 1 aliphatic heterocycles. The van der Waals surface area contributed by atoms with Crippen LogP contribution < -0.4 is 5.32 Å². The van der Waals surface area contributed by atoms with Crippen molar-refractivity contribution >= 4 is 0 Å². The first-order chi connectivity index (χ1) is 7.63. The van der Waals surface area contributed by atoms with E-state index in [1.807, 2.05) is 0 Å². The largest absolute Gasteiger partial charge is 0.314 e. The van der Waals surface area contributed by atoms with Crippen LogP contribution in [0.1, 0.15) is 53.4 Å². The van der Waals surface area contributed by atoms with Crippen LogP contribution in [0.15, 0.2) is 0 Å². The van der Waals surface area contributed by atoms with E-state index in [1.54, 1.807) is 0 Å². The van der Waals surface area contributed by atoms with E-state index >= 15 is 0 Å². The Hall–Kier alpha value is -0.0800. The summed E-state index contributed by atoms with van der Waals surface area (Å²) in [5.74, 6) is 0.871. The number of piperidine rings is 1. The van der Waals surface area contributed by atoms with E-state index in [0.29, 0.717) is 6.04 Å². The number of rotatable bonds is 6. The lowest BCUT2D eigenvalue weighted by Gasteiger charge is -2.37. The van der Waals surface area contributed by atoms with Crippen LogP contribution in [0.25, 0.3) is 0 Å². The SMILES string of the molecule is CCCC(C)N1CCCC(CNC(C)C)C1. The van der Waals surface area contributed by atoms with Crippen molar-refractivity contribution in [1.82, 2.24) is 10.2 Å². The van der Waals surface area contributed by atoms with E-state index in [9.17, 15) is 0 Å². The van der Waals surface area contributed by atoms with Crippen LogP contribution in [0.2, 0.25) is 0 Å². The van der Waals surface area contributed by atoms with Gasteiger partial charge >= 0.3 is 0 Å². The predicted molar refractivity (Wildman–Crippen MR) is 71.8 cm³/mol. The van der Waals surface area contributed by atoms with Gasteiger partial charge < -0.3 is 10.2 Å². The minimum Gasteiger partial charge on any atom is -0.314 e. The fourth-order valence-corrected chi connectivity index (χ4v) is 2.67. The van der Waals surface area contributed by atoms with Crippen LogP contribution in [0, 0.1) is 5.92 Å². The second-order valence-corrected chi connectivity index (χ2v) is 5.70. The summed E-state index contributed by atoms with van der Waals surface area (Å²) < 4.78 is 0. The molecule has 0 bridgehead atoms. The molecule has 1 heterocycles. The lowest BCUT2D eigenvalue weighted by atomic mass is 9.96. The highest BCUT2D eigenvalue weighted by Crippen LogP contribution is 2.19. The molecule has 0 aromatic carbocycles. The molecule has 0 saturated carbocycles. The standard InChI is InChI=1S/C14H30N2/c1-5-7-13(4)16-9-6-8-14(11-16)10-15-12(2)3/h12-15H,5-11H2,1-4H3. The van der Waals surface area contributed by atoms with Gasteiger partial charge in [-0.3, -0.25) is 0 Å². The highest BCUT2D eigenvalue weighted by molar-refractivity contribution is 4.78. The minimum atomic E-state index is 0.628. The maximum absolute atomic E-state index is 3.58. The van der Waals surface area contributed by atoms with Gasteiger partial charge in [0.1, 0.15) is 0 Å². The molecule has 16 heavy (non-hydrogen) atoms. The van der Waals surface area contributed by atoms with Crippen molar-refractivity contribution in [1.29, 1.82) is 0 Å². The van der Waals surface area contributed by atoms with Crippen molar-refractivity contribution in [3.8, 4) is 0 Å². The van der Waals surface area contributed by atoms with E-state index in [4.69, 9.17) is 0 Å². The molecule has 1 aliphatic rings. The fraction of sp³-hybridized carbons (Fsp3) is 1.00. The Morgan fingerprint density at radius 1 is 1.31 bits per heavy atom. The predicted octanol–water partition coefficient (Wildman–Crippen LogP) is 2.89. The third-order valence-corrected chi connectivity index (χ3v) is 3.69. The lowest BCUT2D eigenvalue weighted by Crippen LogP contribution is -2.44. The molecule has 0 spiro atoms. The summed E-state index contributed by atoms with van der Waals surface area (Å²) in [7, 11) is 0. The van der Waals surface area contributed by atoms with Gasteiger partial charge in [0, 0.05) is 18.6 Å². The van der Waals surface area contributed by atoms with E-state index < -0.39 is 0 Å². The third kappa shape index (κ3) is 4.84. The summed E-state index contributed by atoms with van der Waals surface area (Å²) in [6.07, 6.45) is 5.46. The van der Waals surface area contributed by atoms with Gasteiger partial charge in [-0.15, -0.1) is 0 Å². The zero-order chi connectivity index (χ0) is 12.0. The van der Waals surface area contributed by atoms with Crippen molar-refractivity contribution in [2.45, 2.75) is 65.5 Å². The summed E-state index contributed by atoms with van der Waals surface area (Å²) in [6, 6.07) is 1.41. The van der Waals surface area contributed by atoms with Gasteiger partial charge in [0.25, 0.3) is 0 Å². The number of nitrogens with zero attached hydrogens (tertiary/aromatic N) is 1. The van der Waals surface area contributed by atoms with Gasteiger partial charge in [-0.2, -0.15) is 0 Å². The molecule has 0 radical (unpaired) electrons. The normalized spacial score (nSPS) is 24.9. The van der Waals surface area contributed by atoms with E-state index in [1.165, 1.54) is 45.3 Å². The third-order valence-electron chi connectivity index (χ3n) is 3.69. The summed E-state index contributed by atoms with van der Waals surface area (Å²) in [6.45, 7) is 13.0. The Kier molecular flexibility index (Phi) is 6.37. The number of nitrogens with one attached hydrogen (secondary N) is 1. The second kappa shape index (κ2) is 7.29. The zero-order valence-corrected chi connectivity index (χ0v) is 11.6. The Labute approximate surface area is 102 Å². The van der Waals surface area contributed by atoms with Crippen molar-refractivity contribution in [3.05, 3.63) is 0 Å². The number of hydrogen-bond donors (Lipinski definition) is 1. The van der Waals surface area contributed by atoms with Crippen LogP contribution >= 0.6 is 0 Å². The Morgan fingerprint density at radius 2 is 2.06 bits per heavy atom. The van der Waals surface area contributed by atoms with E-state index in [-0.39, 0.29) is 0 Å². The van der Waals surface area contributed by atoms with Gasteiger partial charge in [-0.1, -0.05) is 27.2 Å². The quantitative estimate of drug-likeness (QED) is 0.749. The molecule has 2 atom stereocenters. The first kappa shape index (κ1) is 14.0. The van der Waals surface area contributed by atoms with Crippen LogP contribution in [0.4, 0.5) is 0 Å². The topological polar surface area (TPSA) is 15.3 Å². The molecule has 2 heteroatoms. The first-order valence-electron chi connectivity index (χ1n) is 7.11. The Morgan fingerprint density at radius 3 is 2.69 bits per heavy atom. The molecule has 0 aliphatic carbocycles. The fourth-order valence-electron chi connectivity index (χ4n) is 2.67. The monoisotopic (exact) mass is 226 g/mol. The minimum absolute atomic E-state index is 0.628. The van der Waals surface area contributed by atoms with E-state index in [2.05, 4.69) is 37.9 Å². The van der Waals surface area contributed by atoms with Gasteiger partial charge in [0.05, 0.1) is 0 Å². The van der Waals surface area contributed by atoms with Gasteiger partial charge in [0.15, 0.2) is 0 Å². The van der Waals surface area contributed by atoms with Crippen molar-refractivity contribution < 1.29 is 0 Å². The number of likely N-dealkylation sites (tertiary alicyclic amines) is 1. The van der Waals surface area contributed by atoms with Gasteiger partial charge in [0.2, 0.25) is 0 Å². The molecule has 1 rings (SSSR count). The molecule has 1 saturated heterocycles. The second-order valence-electron chi connectivity index (χ2n) is 5.70. The Bertz CT molecular complexity index is 180. The van der Waals surface area contributed by atoms with Crippen LogP contribution in [-0.4, -0.2) is 36.6 Å². The Balaban J connectivity index is 2.29. The van der Waals surface area contributed by atoms with Crippen molar-refractivity contribution in [2.24, 2.45) is 5.92 Å². The highest BCUT2D eigenvalue weighted by atomic mass is 15.2. The maximum atomic E-state index is 3.58. The molecule has 2 nitrogen and oxygen atoms in total. The molecule has 0 amide bonds. The molecule has 1 fully saturated rings. The molecule has 1 N–H and O–H groups in total. The molecule has 96 valence electrons. The summed E-state index contributed by atoms with van der Waals surface area (Å²) in [5.41, 5.74) is 0. The zero-order valence-electron chi connectivity index (χ0n) is 11.6. The molecular weight excluding hydrogens is 196 g/mol.